The van der Waals surface area contributed by atoms with E-state index in [9.17, 15) is 26.4 Å². The summed E-state index contributed by atoms with van der Waals surface area (Å²) in [5.74, 6) is -0.813. The molecule has 27 heavy (non-hydrogen) atoms. The molecule has 0 unspecified atom stereocenters. The number of carbonyl (C=O) groups is 1. The molecule has 0 heterocycles. The number of halogens is 4. The average molecular weight is 466 g/mol. The number of alkyl halides is 3. The molecule has 2 aromatic rings. The van der Waals surface area contributed by atoms with Crippen molar-refractivity contribution >= 4 is 37.5 Å². The Morgan fingerprint density at radius 2 is 1.74 bits per heavy atom. The third-order valence-corrected chi connectivity index (χ3v) is 5.51. The fourth-order valence-corrected chi connectivity index (χ4v) is 3.75. The minimum Gasteiger partial charge on any atom is -0.380 e. The van der Waals surface area contributed by atoms with Gasteiger partial charge in [0.05, 0.1) is 17.0 Å². The van der Waals surface area contributed by atoms with Crippen molar-refractivity contribution in [1.82, 2.24) is 4.72 Å². The molecule has 0 saturated heterocycles. The Bertz CT molecular complexity index is 932. The first-order valence-electron chi connectivity index (χ1n) is 7.46. The molecule has 4 N–H and O–H groups in total. The van der Waals surface area contributed by atoms with Crippen LogP contribution in [0.1, 0.15) is 11.1 Å². The summed E-state index contributed by atoms with van der Waals surface area (Å²) in [5, 5.41) is 3.00. The lowest BCUT2D eigenvalue weighted by atomic mass is 10.1. The summed E-state index contributed by atoms with van der Waals surface area (Å²) in [6.07, 6.45) is -4.39. The Labute approximate surface area is 162 Å². The van der Waals surface area contributed by atoms with Crippen molar-refractivity contribution in [3.05, 3.63) is 58.1 Å². The monoisotopic (exact) mass is 465 g/mol. The molecule has 0 aliphatic carbocycles. The van der Waals surface area contributed by atoms with E-state index >= 15 is 0 Å². The molecule has 0 atom stereocenters. The highest BCUT2D eigenvalue weighted by atomic mass is 79.9. The normalized spacial score (nSPS) is 12.0. The van der Waals surface area contributed by atoms with Crippen LogP contribution in [0.3, 0.4) is 0 Å². The summed E-state index contributed by atoms with van der Waals surface area (Å²) < 4.78 is 64.2. The van der Waals surface area contributed by atoms with E-state index in [-0.39, 0.29) is 11.4 Å². The summed E-state index contributed by atoms with van der Waals surface area (Å²) in [5.41, 5.74) is 5.35. The van der Waals surface area contributed by atoms with Gasteiger partial charge >= 0.3 is 6.18 Å². The summed E-state index contributed by atoms with van der Waals surface area (Å²) in [4.78, 5) is 10.6. The van der Waals surface area contributed by atoms with Crippen LogP contribution >= 0.6 is 15.9 Å². The van der Waals surface area contributed by atoms with Gasteiger partial charge in [-0.2, -0.15) is 13.2 Å². The predicted octanol–water partition coefficient (Wildman–Crippen LogP) is 2.84. The molecule has 0 bridgehead atoms. The maximum Gasteiger partial charge on any atom is 0.416 e. The molecule has 2 rings (SSSR count). The maximum atomic E-state index is 12.6. The second-order valence-electron chi connectivity index (χ2n) is 5.48. The third kappa shape index (κ3) is 5.94. The molecular formula is C16H15BrF3N3O3S. The van der Waals surface area contributed by atoms with Gasteiger partial charge < -0.3 is 11.1 Å². The number of primary amides is 1. The largest absolute Gasteiger partial charge is 0.416 e. The van der Waals surface area contributed by atoms with Crippen LogP contribution in [0.5, 0.6) is 0 Å². The molecule has 2 aromatic carbocycles. The standard InChI is InChI=1S/C16H15BrF3N3O3S/c17-13-7-12(27(25,26)23-9-15(21)24)5-6-14(13)22-8-10-1-3-11(4-2-10)16(18,19)20/h1-7,22-23H,8-9H2,(H2,21,24). The summed E-state index contributed by atoms with van der Waals surface area (Å²) in [6.45, 7) is -0.281. The molecule has 0 aromatic heterocycles. The lowest BCUT2D eigenvalue weighted by Gasteiger charge is -2.12. The van der Waals surface area contributed by atoms with Crippen molar-refractivity contribution in [2.45, 2.75) is 17.6 Å². The van der Waals surface area contributed by atoms with Crippen LogP contribution in [-0.2, 0) is 27.5 Å². The van der Waals surface area contributed by atoms with Crippen LogP contribution in [0.4, 0.5) is 18.9 Å². The minimum atomic E-state index is -4.39. The number of sulfonamides is 1. The smallest absolute Gasteiger partial charge is 0.380 e. The van der Waals surface area contributed by atoms with Crippen molar-refractivity contribution in [2.75, 3.05) is 11.9 Å². The Kier molecular flexibility index (Phi) is 6.50. The zero-order valence-corrected chi connectivity index (χ0v) is 16.1. The van der Waals surface area contributed by atoms with E-state index in [0.717, 1.165) is 12.1 Å². The average Bonchev–Trinajstić information content (AvgIpc) is 2.58. The number of benzene rings is 2. The van der Waals surface area contributed by atoms with Crippen LogP contribution in [0, 0.1) is 0 Å². The Morgan fingerprint density at radius 3 is 2.26 bits per heavy atom. The molecular weight excluding hydrogens is 451 g/mol. The van der Waals surface area contributed by atoms with Crippen LogP contribution < -0.4 is 15.8 Å². The minimum absolute atomic E-state index is 0.0734. The first-order chi connectivity index (χ1) is 12.5. The van der Waals surface area contributed by atoms with Crippen molar-refractivity contribution in [3.8, 4) is 0 Å². The summed E-state index contributed by atoms with van der Waals surface area (Å²) in [7, 11) is -3.90. The topological polar surface area (TPSA) is 101 Å². The van der Waals surface area contributed by atoms with Gasteiger partial charge in [0.15, 0.2) is 0 Å². The second kappa shape index (κ2) is 8.28. The first kappa shape index (κ1) is 21.2. The van der Waals surface area contributed by atoms with Crippen LogP contribution in [0.25, 0.3) is 0 Å². The summed E-state index contributed by atoms with van der Waals surface area (Å²) >= 11 is 3.24. The van der Waals surface area contributed by atoms with E-state index in [0.29, 0.717) is 15.7 Å². The molecule has 0 radical (unpaired) electrons. The van der Waals surface area contributed by atoms with Crippen molar-refractivity contribution in [3.63, 3.8) is 0 Å². The lowest BCUT2D eigenvalue weighted by molar-refractivity contribution is -0.137. The van der Waals surface area contributed by atoms with Gasteiger partial charge in [-0.25, -0.2) is 13.1 Å². The molecule has 11 heteroatoms. The third-order valence-electron chi connectivity index (χ3n) is 3.45. The zero-order valence-electron chi connectivity index (χ0n) is 13.7. The van der Waals surface area contributed by atoms with Gasteiger partial charge in [0, 0.05) is 16.7 Å². The number of rotatable bonds is 7. The fourth-order valence-electron chi connectivity index (χ4n) is 2.06. The Morgan fingerprint density at radius 1 is 1.11 bits per heavy atom. The fraction of sp³-hybridized carbons (Fsp3) is 0.188. The van der Waals surface area contributed by atoms with Gasteiger partial charge in [0.1, 0.15) is 0 Å². The maximum absolute atomic E-state index is 12.6. The van der Waals surface area contributed by atoms with Gasteiger partial charge in [0.2, 0.25) is 15.9 Å². The van der Waals surface area contributed by atoms with E-state index in [1.807, 2.05) is 0 Å². The van der Waals surface area contributed by atoms with Crippen molar-refractivity contribution < 1.29 is 26.4 Å². The van der Waals surface area contributed by atoms with E-state index in [1.165, 1.54) is 30.3 Å². The number of amides is 1. The van der Waals surface area contributed by atoms with E-state index in [2.05, 4.69) is 26.0 Å². The molecule has 0 saturated carbocycles. The highest BCUT2D eigenvalue weighted by Crippen LogP contribution is 2.30. The van der Waals surface area contributed by atoms with Gasteiger partial charge in [-0.05, 0) is 51.8 Å². The van der Waals surface area contributed by atoms with Gasteiger partial charge in [-0.15, -0.1) is 0 Å². The van der Waals surface area contributed by atoms with Gasteiger partial charge in [-0.3, -0.25) is 4.79 Å². The second-order valence-corrected chi connectivity index (χ2v) is 8.10. The predicted molar refractivity (Wildman–Crippen MR) is 97.3 cm³/mol. The van der Waals surface area contributed by atoms with E-state index < -0.39 is 34.2 Å². The molecule has 0 fully saturated rings. The number of nitrogens with two attached hydrogens (primary N) is 1. The van der Waals surface area contributed by atoms with Gasteiger partial charge in [0.25, 0.3) is 0 Å². The summed E-state index contributed by atoms with van der Waals surface area (Å²) in [6, 6.07) is 8.85. The molecule has 0 spiro atoms. The van der Waals surface area contributed by atoms with E-state index in [1.54, 1.807) is 0 Å². The van der Waals surface area contributed by atoms with E-state index in [4.69, 9.17) is 5.73 Å². The highest BCUT2D eigenvalue weighted by molar-refractivity contribution is 9.10. The van der Waals surface area contributed by atoms with Crippen LogP contribution in [-0.4, -0.2) is 20.9 Å². The molecule has 146 valence electrons. The number of hydrogen-bond donors (Lipinski definition) is 3. The highest BCUT2D eigenvalue weighted by Gasteiger charge is 2.29. The van der Waals surface area contributed by atoms with Crippen LogP contribution in [0.15, 0.2) is 51.8 Å². The number of nitrogens with one attached hydrogen (secondary N) is 2. The number of carbonyl (C=O) groups excluding carboxylic acids is 1. The molecule has 6 nitrogen and oxygen atoms in total. The van der Waals surface area contributed by atoms with Crippen LogP contribution in [0.2, 0.25) is 0 Å². The number of hydrogen-bond acceptors (Lipinski definition) is 4. The lowest BCUT2D eigenvalue weighted by Crippen LogP contribution is -2.33. The molecule has 1 amide bonds. The van der Waals surface area contributed by atoms with Gasteiger partial charge in [-0.1, -0.05) is 12.1 Å². The number of anilines is 1. The molecule has 0 aliphatic rings. The van der Waals surface area contributed by atoms with Crippen molar-refractivity contribution in [2.24, 2.45) is 5.73 Å². The first-order valence-corrected chi connectivity index (χ1v) is 9.74. The Hall–Kier alpha value is -2.11. The SMILES string of the molecule is NC(=O)CNS(=O)(=O)c1ccc(NCc2ccc(C(F)(F)F)cc2)c(Br)c1. The quantitative estimate of drug-likeness (QED) is 0.584. The Balaban J connectivity index is 2.07. The zero-order chi connectivity index (χ0) is 20.2. The molecule has 0 aliphatic heterocycles. The van der Waals surface area contributed by atoms with Crippen molar-refractivity contribution in [1.29, 1.82) is 0 Å².